The largest absolute Gasteiger partial charge is 0.486 e. The van der Waals surface area contributed by atoms with Crippen LogP contribution in [0.5, 0.6) is 5.75 Å². The monoisotopic (exact) mass is 501 g/mol. The van der Waals surface area contributed by atoms with Crippen LogP contribution in [0.15, 0.2) is 36.4 Å². The molecule has 0 aliphatic heterocycles. The van der Waals surface area contributed by atoms with Gasteiger partial charge in [-0.05, 0) is 97.7 Å². The lowest BCUT2D eigenvalue weighted by molar-refractivity contribution is 0.0522. The molecule has 1 atom stereocenters. The number of fused-ring (bicyclic) bond motifs is 2. The second kappa shape index (κ2) is 7.34. The Morgan fingerprint density at radius 2 is 2.07 bits per heavy atom. The summed E-state index contributed by atoms with van der Waals surface area (Å²) in [4.78, 5) is 12.5. The lowest BCUT2D eigenvalue weighted by atomic mass is 10.1. The summed E-state index contributed by atoms with van der Waals surface area (Å²) in [5.41, 5.74) is 3.06. The maximum absolute atomic E-state index is 12.5. The highest BCUT2D eigenvalue weighted by atomic mass is 127. The molecule has 2 aromatic carbocycles. The van der Waals surface area contributed by atoms with Gasteiger partial charge in [0.2, 0.25) is 0 Å². The van der Waals surface area contributed by atoms with Crippen LogP contribution in [-0.4, -0.2) is 21.5 Å². The average Bonchev–Trinajstić information content (AvgIpc) is 3.21. The van der Waals surface area contributed by atoms with Crippen LogP contribution in [0.1, 0.15) is 50.0 Å². The van der Waals surface area contributed by atoms with Gasteiger partial charge in [-0.15, -0.1) is 0 Å². The standard InChI is InChI=1S/C22H20IN3O3/c1-22(2,3)29-21(27)26-18-8-6-15(11-17(18)20(23)25-26)28-19-9-5-14-10-13(12-24)4-7-16(14)19/h4,6-8,10-11,19H,5,9H2,1-3H3/t19-/m0/s1. The third-order valence-corrected chi connectivity index (χ3v) is 5.54. The molecule has 0 spiro atoms. The highest BCUT2D eigenvalue weighted by Gasteiger charge is 2.25. The van der Waals surface area contributed by atoms with Gasteiger partial charge in [-0.1, -0.05) is 6.07 Å². The van der Waals surface area contributed by atoms with Crippen molar-refractivity contribution >= 4 is 39.6 Å². The van der Waals surface area contributed by atoms with Crippen molar-refractivity contribution in [3.8, 4) is 11.8 Å². The molecular weight excluding hydrogens is 481 g/mol. The zero-order valence-corrected chi connectivity index (χ0v) is 18.6. The van der Waals surface area contributed by atoms with Gasteiger partial charge in [-0.2, -0.15) is 15.0 Å². The molecule has 3 aromatic rings. The minimum absolute atomic E-state index is 0.0474. The number of hydrogen-bond donors (Lipinski definition) is 0. The average molecular weight is 501 g/mol. The molecule has 0 amide bonds. The van der Waals surface area contributed by atoms with E-state index in [1.807, 2.05) is 57.2 Å². The summed E-state index contributed by atoms with van der Waals surface area (Å²) in [6, 6.07) is 13.5. The first-order valence-corrected chi connectivity index (χ1v) is 10.4. The van der Waals surface area contributed by atoms with E-state index in [1.54, 1.807) is 0 Å². The first-order chi connectivity index (χ1) is 13.7. The highest BCUT2D eigenvalue weighted by Crippen LogP contribution is 2.36. The van der Waals surface area contributed by atoms with E-state index in [0.717, 1.165) is 29.5 Å². The molecule has 0 saturated heterocycles. The van der Waals surface area contributed by atoms with Crippen LogP contribution >= 0.6 is 22.6 Å². The fraction of sp³-hybridized carbons (Fsp3) is 0.318. The molecular formula is C22H20IN3O3. The van der Waals surface area contributed by atoms with E-state index in [-0.39, 0.29) is 6.10 Å². The van der Waals surface area contributed by atoms with Crippen molar-refractivity contribution in [1.29, 1.82) is 5.26 Å². The van der Waals surface area contributed by atoms with Crippen molar-refractivity contribution < 1.29 is 14.3 Å². The van der Waals surface area contributed by atoms with E-state index in [2.05, 4.69) is 33.8 Å². The Labute approximate surface area is 182 Å². The van der Waals surface area contributed by atoms with Gasteiger partial charge in [-0.25, -0.2) is 4.79 Å². The van der Waals surface area contributed by atoms with Gasteiger partial charge in [0.05, 0.1) is 17.1 Å². The zero-order chi connectivity index (χ0) is 20.8. The van der Waals surface area contributed by atoms with Gasteiger partial charge in [-0.3, -0.25) is 0 Å². The van der Waals surface area contributed by atoms with Gasteiger partial charge in [0.25, 0.3) is 0 Å². The Bertz CT molecular complexity index is 1150. The summed E-state index contributed by atoms with van der Waals surface area (Å²) >= 11 is 2.11. The summed E-state index contributed by atoms with van der Waals surface area (Å²) < 4.78 is 13.7. The Kier molecular flexibility index (Phi) is 4.99. The van der Waals surface area contributed by atoms with Crippen LogP contribution in [0.2, 0.25) is 0 Å². The van der Waals surface area contributed by atoms with E-state index in [9.17, 15) is 4.79 Å². The lowest BCUT2D eigenvalue weighted by Gasteiger charge is -2.19. The molecule has 1 aromatic heterocycles. The first-order valence-electron chi connectivity index (χ1n) is 9.36. The zero-order valence-electron chi connectivity index (χ0n) is 16.4. The number of carbonyl (C=O) groups is 1. The van der Waals surface area contributed by atoms with Gasteiger partial charge in [0.1, 0.15) is 21.2 Å². The maximum atomic E-state index is 12.5. The topological polar surface area (TPSA) is 77.1 Å². The molecule has 1 aliphatic rings. The van der Waals surface area contributed by atoms with Crippen LogP contribution in [0.4, 0.5) is 4.79 Å². The van der Waals surface area contributed by atoms with E-state index in [0.29, 0.717) is 14.8 Å². The number of hydrogen-bond acceptors (Lipinski definition) is 5. The second-order valence-corrected chi connectivity index (χ2v) is 9.05. The van der Waals surface area contributed by atoms with Crippen LogP contribution < -0.4 is 4.74 Å². The van der Waals surface area contributed by atoms with Crippen molar-refractivity contribution in [3.63, 3.8) is 0 Å². The van der Waals surface area contributed by atoms with Gasteiger partial charge >= 0.3 is 6.09 Å². The molecule has 0 bridgehead atoms. The predicted molar refractivity (Wildman–Crippen MR) is 117 cm³/mol. The molecule has 0 fully saturated rings. The number of ether oxygens (including phenoxy) is 2. The number of rotatable bonds is 2. The molecule has 4 rings (SSSR count). The quantitative estimate of drug-likeness (QED) is 0.442. The SMILES string of the molecule is CC(C)(C)OC(=O)n1nc(I)c2cc(O[C@H]3CCc4cc(C#N)ccc43)ccc21. The number of nitrogens with zero attached hydrogens (tertiary/aromatic N) is 3. The van der Waals surface area contributed by atoms with Crippen molar-refractivity contribution in [3.05, 3.63) is 56.8 Å². The van der Waals surface area contributed by atoms with E-state index in [1.165, 1.54) is 10.2 Å². The Balaban J connectivity index is 1.61. The summed E-state index contributed by atoms with van der Waals surface area (Å²) in [7, 11) is 0. The summed E-state index contributed by atoms with van der Waals surface area (Å²) in [5.74, 6) is 0.723. The van der Waals surface area contributed by atoms with Crippen molar-refractivity contribution in [2.24, 2.45) is 0 Å². The lowest BCUT2D eigenvalue weighted by Crippen LogP contribution is -2.27. The molecule has 6 nitrogen and oxygen atoms in total. The van der Waals surface area contributed by atoms with Crippen molar-refractivity contribution in [2.45, 2.75) is 45.3 Å². The molecule has 0 unspecified atom stereocenters. The molecule has 29 heavy (non-hydrogen) atoms. The minimum atomic E-state index is -0.592. The summed E-state index contributed by atoms with van der Waals surface area (Å²) in [6.07, 6.45) is 1.22. The maximum Gasteiger partial charge on any atom is 0.435 e. The molecule has 1 aliphatic carbocycles. The number of aromatic nitrogens is 2. The van der Waals surface area contributed by atoms with Crippen LogP contribution in [0, 0.1) is 15.0 Å². The van der Waals surface area contributed by atoms with Gasteiger partial charge < -0.3 is 9.47 Å². The minimum Gasteiger partial charge on any atom is -0.486 e. The molecule has 148 valence electrons. The molecule has 0 N–H and O–H groups in total. The number of halogens is 1. The molecule has 0 saturated carbocycles. The van der Waals surface area contributed by atoms with Crippen molar-refractivity contribution in [1.82, 2.24) is 9.78 Å². The number of benzene rings is 2. The first kappa shape index (κ1) is 19.7. The van der Waals surface area contributed by atoms with Crippen molar-refractivity contribution in [2.75, 3.05) is 0 Å². The highest BCUT2D eigenvalue weighted by molar-refractivity contribution is 14.1. The Hall–Kier alpha value is -2.60. The third-order valence-electron chi connectivity index (χ3n) is 4.75. The van der Waals surface area contributed by atoms with Crippen LogP contribution in [0.25, 0.3) is 10.9 Å². The number of nitriles is 1. The van der Waals surface area contributed by atoms with E-state index in [4.69, 9.17) is 14.7 Å². The van der Waals surface area contributed by atoms with Crippen LogP contribution in [-0.2, 0) is 11.2 Å². The van der Waals surface area contributed by atoms with Gasteiger partial charge in [0, 0.05) is 5.39 Å². The number of carbonyl (C=O) groups excluding carboxylic acids is 1. The number of aryl methyl sites for hydroxylation is 1. The fourth-order valence-corrected chi connectivity index (χ4v) is 4.16. The van der Waals surface area contributed by atoms with E-state index < -0.39 is 11.7 Å². The Morgan fingerprint density at radius 3 is 2.79 bits per heavy atom. The molecule has 0 radical (unpaired) electrons. The van der Waals surface area contributed by atoms with Gasteiger partial charge in [0.15, 0.2) is 0 Å². The van der Waals surface area contributed by atoms with Crippen LogP contribution in [0.3, 0.4) is 0 Å². The summed E-state index contributed by atoms with van der Waals surface area (Å²) in [6.45, 7) is 5.48. The fourth-order valence-electron chi connectivity index (χ4n) is 3.51. The molecule has 7 heteroatoms. The predicted octanol–water partition coefficient (Wildman–Crippen LogP) is 5.36. The third kappa shape index (κ3) is 3.94. The smallest absolute Gasteiger partial charge is 0.435 e. The molecule has 1 heterocycles. The summed E-state index contributed by atoms with van der Waals surface area (Å²) in [5, 5.41) is 14.3. The Morgan fingerprint density at radius 1 is 1.28 bits per heavy atom. The normalized spacial score (nSPS) is 15.8. The second-order valence-electron chi connectivity index (χ2n) is 8.03. The van der Waals surface area contributed by atoms with E-state index >= 15 is 0 Å².